The van der Waals surface area contributed by atoms with Gasteiger partial charge in [-0.1, -0.05) is 72.8 Å². The Kier molecular flexibility index (Phi) is 4.62. The molecule has 0 spiro atoms. The quantitative estimate of drug-likeness (QED) is 0.579. The van der Waals surface area contributed by atoms with Crippen LogP contribution in [0.4, 0.5) is 0 Å². The van der Waals surface area contributed by atoms with E-state index in [-0.39, 0.29) is 0 Å². The van der Waals surface area contributed by atoms with E-state index in [9.17, 15) is 0 Å². The van der Waals surface area contributed by atoms with Crippen LogP contribution in [0.25, 0.3) is 10.8 Å². The maximum Gasteiger partial charge on any atom is 0.0103 e. The molecule has 106 valence electrons. The highest BCUT2D eigenvalue weighted by Gasteiger charge is 2.15. The van der Waals surface area contributed by atoms with Gasteiger partial charge in [0.2, 0.25) is 0 Å². The van der Waals surface area contributed by atoms with Crippen LogP contribution >= 0.6 is 11.8 Å². The minimum Gasteiger partial charge on any atom is -0.165 e. The molecule has 1 heteroatoms. The highest BCUT2D eigenvalue weighted by molar-refractivity contribution is 7.98. The highest BCUT2D eigenvalue weighted by atomic mass is 32.2. The standard InChI is InChI=1S/C20H20S/c1-21-15-14-19(16-8-3-2-4-9-16)20-13-7-11-17-10-5-6-12-18(17)20/h2-13,19H,14-15H2,1H3. The lowest BCUT2D eigenvalue weighted by atomic mass is 9.86. The third-order valence-corrected chi connectivity index (χ3v) is 4.66. The van der Waals surface area contributed by atoms with Gasteiger partial charge in [-0.25, -0.2) is 0 Å². The van der Waals surface area contributed by atoms with E-state index in [1.54, 1.807) is 0 Å². The summed E-state index contributed by atoms with van der Waals surface area (Å²) in [7, 11) is 0. The zero-order valence-electron chi connectivity index (χ0n) is 12.3. The van der Waals surface area contributed by atoms with E-state index in [0.29, 0.717) is 5.92 Å². The molecule has 0 aliphatic heterocycles. The zero-order valence-corrected chi connectivity index (χ0v) is 13.1. The first-order chi connectivity index (χ1) is 10.4. The second-order valence-corrected chi connectivity index (χ2v) is 6.30. The van der Waals surface area contributed by atoms with Crippen molar-refractivity contribution in [2.45, 2.75) is 12.3 Å². The largest absolute Gasteiger partial charge is 0.165 e. The van der Waals surface area contributed by atoms with Crippen LogP contribution in [0.3, 0.4) is 0 Å². The topological polar surface area (TPSA) is 0 Å². The Morgan fingerprint density at radius 1 is 0.810 bits per heavy atom. The van der Waals surface area contributed by atoms with Crippen LogP contribution in [0, 0.1) is 0 Å². The number of hydrogen-bond donors (Lipinski definition) is 0. The van der Waals surface area contributed by atoms with Crippen LogP contribution in [0.5, 0.6) is 0 Å². The van der Waals surface area contributed by atoms with Gasteiger partial charge in [-0.15, -0.1) is 0 Å². The smallest absolute Gasteiger partial charge is 0.0103 e. The van der Waals surface area contributed by atoms with Crippen molar-refractivity contribution in [3.8, 4) is 0 Å². The molecule has 0 amide bonds. The van der Waals surface area contributed by atoms with Gasteiger partial charge in [-0.3, -0.25) is 0 Å². The molecule has 0 N–H and O–H groups in total. The van der Waals surface area contributed by atoms with Gasteiger partial charge in [0.05, 0.1) is 0 Å². The average molecular weight is 292 g/mol. The molecule has 0 saturated carbocycles. The van der Waals surface area contributed by atoms with E-state index in [4.69, 9.17) is 0 Å². The molecular weight excluding hydrogens is 272 g/mol. The summed E-state index contributed by atoms with van der Waals surface area (Å²) in [5.74, 6) is 1.66. The van der Waals surface area contributed by atoms with Crippen LogP contribution < -0.4 is 0 Å². The minimum atomic E-state index is 0.477. The number of hydrogen-bond acceptors (Lipinski definition) is 1. The van der Waals surface area contributed by atoms with Gasteiger partial charge in [0.15, 0.2) is 0 Å². The maximum absolute atomic E-state index is 2.29. The zero-order chi connectivity index (χ0) is 14.5. The number of thioether (sulfide) groups is 1. The molecule has 3 aromatic carbocycles. The minimum absolute atomic E-state index is 0.477. The first kappa shape index (κ1) is 14.2. The van der Waals surface area contributed by atoms with Crippen molar-refractivity contribution in [2.24, 2.45) is 0 Å². The number of fused-ring (bicyclic) bond motifs is 1. The summed E-state index contributed by atoms with van der Waals surface area (Å²) in [4.78, 5) is 0. The van der Waals surface area contributed by atoms with Gasteiger partial charge in [-0.05, 0) is 40.3 Å². The van der Waals surface area contributed by atoms with Crippen molar-refractivity contribution >= 4 is 22.5 Å². The molecule has 0 aliphatic rings. The van der Waals surface area contributed by atoms with E-state index in [1.165, 1.54) is 34.1 Å². The Bertz CT molecular complexity index is 698. The molecule has 3 rings (SSSR count). The SMILES string of the molecule is CSCCC(c1ccccc1)c1cccc2ccccc12. The van der Waals surface area contributed by atoms with Crippen LogP contribution in [-0.2, 0) is 0 Å². The molecule has 1 atom stereocenters. The van der Waals surface area contributed by atoms with Crippen LogP contribution in [0.1, 0.15) is 23.5 Å². The third kappa shape index (κ3) is 3.14. The summed E-state index contributed by atoms with van der Waals surface area (Å²) >= 11 is 1.92. The van der Waals surface area contributed by atoms with Crippen molar-refractivity contribution in [1.29, 1.82) is 0 Å². The van der Waals surface area contributed by atoms with Crippen LogP contribution in [0.15, 0.2) is 72.8 Å². The Morgan fingerprint density at radius 2 is 1.52 bits per heavy atom. The Hall–Kier alpha value is -1.73. The fourth-order valence-electron chi connectivity index (χ4n) is 2.98. The second kappa shape index (κ2) is 6.82. The summed E-state index contributed by atoms with van der Waals surface area (Å²) in [5, 5.41) is 2.72. The van der Waals surface area contributed by atoms with E-state index < -0.39 is 0 Å². The van der Waals surface area contributed by atoms with Gasteiger partial charge >= 0.3 is 0 Å². The lowest BCUT2D eigenvalue weighted by Crippen LogP contribution is -2.03. The molecule has 0 fully saturated rings. The first-order valence-corrected chi connectivity index (χ1v) is 8.81. The van der Waals surface area contributed by atoms with Gasteiger partial charge in [0.25, 0.3) is 0 Å². The molecule has 0 heterocycles. The van der Waals surface area contributed by atoms with Gasteiger partial charge < -0.3 is 0 Å². The number of benzene rings is 3. The fourth-order valence-corrected chi connectivity index (χ4v) is 3.45. The highest BCUT2D eigenvalue weighted by Crippen LogP contribution is 2.33. The first-order valence-electron chi connectivity index (χ1n) is 7.41. The van der Waals surface area contributed by atoms with Crippen molar-refractivity contribution in [3.05, 3.63) is 83.9 Å². The predicted molar refractivity (Wildman–Crippen MR) is 95.2 cm³/mol. The molecule has 0 saturated heterocycles. The van der Waals surface area contributed by atoms with Crippen molar-refractivity contribution in [3.63, 3.8) is 0 Å². The molecule has 0 nitrogen and oxygen atoms in total. The molecule has 21 heavy (non-hydrogen) atoms. The summed E-state index contributed by atoms with van der Waals surface area (Å²) in [6.45, 7) is 0. The van der Waals surface area contributed by atoms with Gasteiger partial charge in [-0.2, -0.15) is 11.8 Å². The fraction of sp³-hybridized carbons (Fsp3) is 0.200. The Morgan fingerprint density at radius 3 is 2.33 bits per heavy atom. The molecule has 0 bridgehead atoms. The molecule has 1 unspecified atom stereocenters. The average Bonchev–Trinajstić information content (AvgIpc) is 2.56. The van der Waals surface area contributed by atoms with Crippen LogP contribution in [-0.4, -0.2) is 12.0 Å². The van der Waals surface area contributed by atoms with E-state index in [1.807, 2.05) is 11.8 Å². The lowest BCUT2D eigenvalue weighted by molar-refractivity contribution is 0.792. The maximum atomic E-state index is 2.29. The summed E-state index contributed by atoms with van der Waals surface area (Å²) in [6, 6.07) is 26.3. The molecule has 0 aromatic heterocycles. The summed E-state index contributed by atoms with van der Waals surface area (Å²) in [5.41, 5.74) is 2.87. The van der Waals surface area contributed by atoms with Crippen molar-refractivity contribution in [2.75, 3.05) is 12.0 Å². The Labute approximate surface area is 131 Å². The van der Waals surface area contributed by atoms with E-state index in [0.717, 1.165) is 0 Å². The molecular formula is C20H20S. The van der Waals surface area contributed by atoms with E-state index in [2.05, 4.69) is 79.1 Å². The monoisotopic (exact) mass is 292 g/mol. The number of rotatable bonds is 5. The normalized spacial score (nSPS) is 12.4. The molecule has 0 aliphatic carbocycles. The van der Waals surface area contributed by atoms with Gasteiger partial charge in [0.1, 0.15) is 0 Å². The predicted octanol–water partition coefficient (Wildman–Crippen LogP) is 5.72. The van der Waals surface area contributed by atoms with E-state index >= 15 is 0 Å². The van der Waals surface area contributed by atoms with Crippen molar-refractivity contribution in [1.82, 2.24) is 0 Å². The summed E-state index contributed by atoms with van der Waals surface area (Å²) in [6.07, 6.45) is 3.37. The summed E-state index contributed by atoms with van der Waals surface area (Å²) < 4.78 is 0. The molecule has 3 aromatic rings. The second-order valence-electron chi connectivity index (χ2n) is 5.31. The van der Waals surface area contributed by atoms with Crippen LogP contribution in [0.2, 0.25) is 0 Å². The van der Waals surface area contributed by atoms with Crippen molar-refractivity contribution < 1.29 is 0 Å². The van der Waals surface area contributed by atoms with Gasteiger partial charge in [0, 0.05) is 5.92 Å². The third-order valence-electron chi connectivity index (χ3n) is 4.01. The lowest BCUT2D eigenvalue weighted by Gasteiger charge is -2.19. The Balaban J connectivity index is 2.10. The molecule has 0 radical (unpaired) electrons.